The summed E-state index contributed by atoms with van der Waals surface area (Å²) in [4.78, 5) is 16.0. The van der Waals surface area contributed by atoms with E-state index in [1.165, 1.54) is 95.7 Å². The van der Waals surface area contributed by atoms with Gasteiger partial charge in [-0.3, -0.25) is 9.28 Å². The molecule has 0 spiro atoms. The zero-order valence-electron chi connectivity index (χ0n) is 21.1. The molecule has 0 aromatic rings. The number of rotatable bonds is 20. The van der Waals surface area contributed by atoms with E-state index in [1.807, 2.05) is 0 Å². The Hall–Kier alpha value is -1.16. The predicted octanol–water partition coefficient (Wildman–Crippen LogP) is 6.80. The molecule has 1 aliphatic rings. The first-order chi connectivity index (χ1) is 15.1. The monoisotopic (exact) mass is 434 g/mol. The van der Waals surface area contributed by atoms with E-state index in [-0.39, 0.29) is 5.91 Å². The van der Waals surface area contributed by atoms with E-state index in [0.29, 0.717) is 0 Å². The highest BCUT2D eigenvalue weighted by molar-refractivity contribution is 5.77. The topological polar surface area (TPSA) is 41.5 Å². The average molecular weight is 435 g/mol. The summed E-state index contributed by atoms with van der Waals surface area (Å²) in [6.07, 6.45) is 24.9. The Morgan fingerprint density at radius 2 is 1.48 bits per heavy atom. The van der Waals surface area contributed by atoms with Crippen molar-refractivity contribution in [3.63, 3.8) is 0 Å². The number of nitrogens with zero attached hydrogens (tertiary/aromatic N) is 2. The molecular formula is C27H52N3O+. The molecule has 1 heterocycles. The lowest BCUT2D eigenvalue weighted by Crippen LogP contribution is -2.54. The number of aliphatic imine (C=N–C) groups is 1. The molecule has 1 N–H and O–H groups in total. The number of hydrogen-bond donors (Lipinski definition) is 1. The molecule has 0 aliphatic carbocycles. The predicted molar refractivity (Wildman–Crippen MR) is 136 cm³/mol. The third-order valence-corrected chi connectivity index (χ3v) is 6.80. The summed E-state index contributed by atoms with van der Waals surface area (Å²) in [5.74, 6) is 1.45. The standard InChI is InChI=1S/C27H51N3O/c1-4-6-7-8-9-10-11-12-13-14-15-16-17-18-19-20-21-27-29-23-25-30(27,5-2)24-22-28-26(3)31/h8-9H,4-7,10-25H2,1-3H3/p+1/b9-8+. The van der Waals surface area contributed by atoms with Crippen molar-refractivity contribution in [3.8, 4) is 0 Å². The number of nitrogens with one attached hydrogen (secondary N) is 1. The number of carbonyl (C=O) groups excluding carboxylic acids is 1. The van der Waals surface area contributed by atoms with Crippen molar-refractivity contribution in [1.29, 1.82) is 0 Å². The van der Waals surface area contributed by atoms with Gasteiger partial charge in [0.1, 0.15) is 13.1 Å². The lowest BCUT2D eigenvalue weighted by Gasteiger charge is -2.33. The molecule has 1 rings (SSSR count). The quantitative estimate of drug-likeness (QED) is 0.128. The van der Waals surface area contributed by atoms with Crippen molar-refractivity contribution in [2.24, 2.45) is 4.99 Å². The third kappa shape index (κ3) is 13.1. The minimum atomic E-state index is 0.0712. The van der Waals surface area contributed by atoms with Gasteiger partial charge in [-0.1, -0.05) is 83.3 Å². The molecule has 31 heavy (non-hydrogen) atoms. The average Bonchev–Trinajstić information content (AvgIpc) is 3.16. The number of carbonyl (C=O) groups is 1. The van der Waals surface area contributed by atoms with Crippen LogP contribution in [0.15, 0.2) is 17.1 Å². The Balaban J connectivity index is 1.97. The fourth-order valence-electron chi connectivity index (χ4n) is 4.67. The van der Waals surface area contributed by atoms with Crippen LogP contribution < -0.4 is 5.32 Å². The molecular weight excluding hydrogens is 382 g/mol. The van der Waals surface area contributed by atoms with Crippen molar-refractivity contribution in [2.75, 3.05) is 32.7 Å². The molecule has 0 fully saturated rings. The Labute approximate surface area is 193 Å². The largest absolute Gasteiger partial charge is 0.351 e. The van der Waals surface area contributed by atoms with Gasteiger partial charge in [0, 0.05) is 13.3 Å². The SMILES string of the molecule is CCCC/C=C/CCCCCCCCCCCCC1=NCC[N+]1(CC)CCNC(C)=O. The third-order valence-electron chi connectivity index (χ3n) is 6.80. The molecule has 1 aliphatic heterocycles. The van der Waals surface area contributed by atoms with E-state index < -0.39 is 0 Å². The lowest BCUT2D eigenvalue weighted by atomic mass is 10.0. The second-order valence-corrected chi connectivity index (χ2v) is 9.38. The highest BCUT2D eigenvalue weighted by atomic mass is 16.1. The minimum Gasteiger partial charge on any atom is -0.351 e. The van der Waals surface area contributed by atoms with Gasteiger partial charge < -0.3 is 5.32 Å². The van der Waals surface area contributed by atoms with E-state index in [2.05, 4.69) is 31.3 Å². The number of allylic oxidation sites excluding steroid dienone is 2. The molecule has 4 heteroatoms. The Morgan fingerprint density at radius 3 is 2.06 bits per heavy atom. The molecule has 1 amide bonds. The first-order valence-corrected chi connectivity index (χ1v) is 13.4. The van der Waals surface area contributed by atoms with E-state index >= 15 is 0 Å². The number of amidine groups is 1. The Bertz CT molecular complexity index is 515. The summed E-state index contributed by atoms with van der Waals surface area (Å²) < 4.78 is 0.995. The maximum atomic E-state index is 11.2. The minimum absolute atomic E-state index is 0.0712. The smallest absolute Gasteiger partial charge is 0.217 e. The lowest BCUT2D eigenvalue weighted by molar-refractivity contribution is -0.833. The molecule has 180 valence electrons. The second kappa shape index (κ2) is 18.4. The van der Waals surface area contributed by atoms with Gasteiger partial charge in [-0.2, -0.15) is 0 Å². The van der Waals surface area contributed by atoms with Crippen LogP contribution in [0.2, 0.25) is 0 Å². The van der Waals surface area contributed by atoms with Gasteiger partial charge in [0.15, 0.2) is 5.84 Å². The number of quaternary nitrogens is 1. The zero-order chi connectivity index (χ0) is 22.6. The van der Waals surface area contributed by atoms with Crippen molar-refractivity contribution >= 4 is 11.7 Å². The molecule has 0 aromatic carbocycles. The van der Waals surface area contributed by atoms with Crippen molar-refractivity contribution in [1.82, 2.24) is 5.32 Å². The van der Waals surface area contributed by atoms with Gasteiger partial charge in [0.05, 0.1) is 19.6 Å². The molecule has 1 unspecified atom stereocenters. The van der Waals surface area contributed by atoms with Gasteiger partial charge in [-0.15, -0.1) is 0 Å². The van der Waals surface area contributed by atoms with Crippen molar-refractivity contribution < 1.29 is 9.28 Å². The van der Waals surface area contributed by atoms with Crippen LogP contribution in [0.4, 0.5) is 0 Å². The molecule has 1 atom stereocenters. The highest BCUT2D eigenvalue weighted by Gasteiger charge is 2.35. The summed E-state index contributed by atoms with van der Waals surface area (Å²) in [6.45, 7) is 11.0. The number of likely N-dealkylation sites (N-methyl/N-ethyl adjacent to an activating group) is 1. The Morgan fingerprint density at radius 1 is 0.903 bits per heavy atom. The van der Waals surface area contributed by atoms with Gasteiger partial charge in [-0.25, -0.2) is 4.99 Å². The van der Waals surface area contributed by atoms with Crippen LogP contribution in [0.3, 0.4) is 0 Å². The van der Waals surface area contributed by atoms with Crippen LogP contribution in [0, 0.1) is 0 Å². The van der Waals surface area contributed by atoms with Gasteiger partial charge in [0.25, 0.3) is 0 Å². The van der Waals surface area contributed by atoms with Crippen LogP contribution in [0.25, 0.3) is 0 Å². The van der Waals surface area contributed by atoms with E-state index in [0.717, 1.165) is 43.6 Å². The van der Waals surface area contributed by atoms with Crippen LogP contribution in [0.5, 0.6) is 0 Å². The molecule has 0 aromatic heterocycles. The molecule has 0 radical (unpaired) electrons. The normalized spacial score (nSPS) is 18.6. The summed E-state index contributed by atoms with van der Waals surface area (Å²) in [6, 6.07) is 0. The molecule has 0 bridgehead atoms. The van der Waals surface area contributed by atoms with Crippen LogP contribution in [-0.2, 0) is 4.79 Å². The summed E-state index contributed by atoms with van der Waals surface area (Å²) >= 11 is 0. The van der Waals surface area contributed by atoms with Gasteiger partial charge in [0.2, 0.25) is 5.91 Å². The maximum absolute atomic E-state index is 11.2. The highest BCUT2D eigenvalue weighted by Crippen LogP contribution is 2.20. The summed E-state index contributed by atoms with van der Waals surface area (Å²) in [5, 5.41) is 2.96. The van der Waals surface area contributed by atoms with Crippen molar-refractivity contribution in [3.05, 3.63) is 12.2 Å². The molecule has 0 saturated heterocycles. The second-order valence-electron chi connectivity index (χ2n) is 9.38. The molecule has 4 nitrogen and oxygen atoms in total. The van der Waals surface area contributed by atoms with E-state index in [1.54, 1.807) is 6.92 Å². The van der Waals surface area contributed by atoms with Gasteiger partial charge in [-0.05, 0) is 32.6 Å². The Kier molecular flexibility index (Phi) is 16.6. The summed E-state index contributed by atoms with van der Waals surface area (Å²) in [5.41, 5.74) is 0. The fraction of sp³-hybridized carbons (Fsp3) is 0.852. The van der Waals surface area contributed by atoms with Crippen LogP contribution >= 0.6 is 0 Å². The van der Waals surface area contributed by atoms with Crippen LogP contribution in [-0.4, -0.2) is 48.9 Å². The first kappa shape index (κ1) is 27.9. The number of unbranched alkanes of at least 4 members (excludes halogenated alkanes) is 12. The molecule has 0 saturated carbocycles. The maximum Gasteiger partial charge on any atom is 0.217 e. The van der Waals surface area contributed by atoms with Crippen molar-refractivity contribution in [2.45, 2.75) is 117 Å². The zero-order valence-corrected chi connectivity index (χ0v) is 21.1. The number of amides is 1. The van der Waals surface area contributed by atoms with Crippen LogP contribution in [0.1, 0.15) is 117 Å². The fourth-order valence-corrected chi connectivity index (χ4v) is 4.67. The van der Waals surface area contributed by atoms with E-state index in [9.17, 15) is 4.79 Å². The first-order valence-electron chi connectivity index (χ1n) is 13.4. The van der Waals surface area contributed by atoms with E-state index in [4.69, 9.17) is 4.99 Å². The van der Waals surface area contributed by atoms with Gasteiger partial charge >= 0.3 is 0 Å². The summed E-state index contributed by atoms with van der Waals surface area (Å²) in [7, 11) is 0. The number of hydrogen-bond acceptors (Lipinski definition) is 2.